The second-order valence-corrected chi connectivity index (χ2v) is 10.4. The van der Waals surface area contributed by atoms with Crippen LogP contribution in [0.5, 0.6) is 5.75 Å². The number of nitrogens with zero attached hydrogens (tertiary/aromatic N) is 4. The summed E-state index contributed by atoms with van der Waals surface area (Å²) >= 11 is 6.43. The number of likely N-dealkylation sites (tertiary alicyclic amines) is 1. The average molecular weight is 483 g/mol. The van der Waals surface area contributed by atoms with Crippen LogP contribution < -0.4 is 9.64 Å². The second kappa shape index (κ2) is 10.5. The molecule has 34 heavy (non-hydrogen) atoms. The maximum absolute atomic E-state index is 12.2. The molecule has 0 N–H and O–H groups in total. The summed E-state index contributed by atoms with van der Waals surface area (Å²) in [6.45, 7) is 6.72. The van der Waals surface area contributed by atoms with Gasteiger partial charge in [-0.3, -0.25) is 4.79 Å². The molecule has 1 saturated carbocycles. The summed E-state index contributed by atoms with van der Waals surface area (Å²) in [7, 11) is 0. The van der Waals surface area contributed by atoms with E-state index < -0.39 is 0 Å². The van der Waals surface area contributed by atoms with Crippen molar-refractivity contribution in [3.8, 4) is 5.75 Å². The maximum atomic E-state index is 12.2. The first-order valence-corrected chi connectivity index (χ1v) is 13.2. The van der Waals surface area contributed by atoms with Crippen molar-refractivity contribution in [3.63, 3.8) is 0 Å². The predicted molar refractivity (Wildman–Crippen MR) is 134 cm³/mol. The van der Waals surface area contributed by atoms with E-state index in [1.165, 1.54) is 24.8 Å². The maximum Gasteiger partial charge on any atom is 0.227 e. The summed E-state index contributed by atoms with van der Waals surface area (Å²) in [6.07, 6.45) is 11.3. The molecule has 2 atom stereocenters. The number of carbonyl (C=O) groups excluding carboxylic acids is 1. The number of amides is 1. The highest BCUT2D eigenvalue weighted by molar-refractivity contribution is 6.31. The molecule has 1 aromatic carbocycles. The molecule has 1 aromatic heterocycles. The molecular weight excluding hydrogens is 448 g/mol. The van der Waals surface area contributed by atoms with Gasteiger partial charge in [0.1, 0.15) is 5.75 Å². The zero-order valence-corrected chi connectivity index (χ0v) is 20.8. The number of benzene rings is 1. The minimum absolute atomic E-state index is 0.161. The van der Waals surface area contributed by atoms with Gasteiger partial charge in [-0.25, -0.2) is 9.97 Å². The number of carbonyl (C=O) groups is 1. The van der Waals surface area contributed by atoms with Crippen LogP contribution in [-0.2, 0) is 17.6 Å². The first kappa shape index (κ1) is 23.4. The van der Waals surface area contributed by atoms with Gasteiger partial charge in [0.25, 0.3) is 0 Å². The third kappa shape index (κ3) is 5.48. The summed E-state index contributed by atoms with van der Waals surface area (Å²) in [5.74, 6) is 4.27. The number of rotatable bonds is 9. The molecule has 0 radical (unpaired) electrons. The number of aromatic nitrogens is 2. The van der Waals surface area contributed by atoms with Crippen LogP contribution in [0.25, 0.3) is 0 Å². The fraction of sp³-hybridized carbons (Fsp3) is 0.593. The van der Waals surface area contributed by atoms with Gasteiger partial charge in [0.2, 0.25) is 11.9 Å². The molecule has 3 heterocycles. The first-order valence-electron chi connectivity index (χ1n) is 12.9. The summed E-state index contributed by atoms with van der Waals surface area (Å²) in [6, 6.07) is 5.73. The Balaban J connectivity index is 1.02. The molecule has 0 unspecified atom stereocenters. The van der Waals surface area contributed by atoms with E-state index in [-0.39, 0.29) is 5.91 Å². The quantitative estimate of drug-likeness (QED) is 0.514. The highest BCUT2D eigenvalue weighted by Crippen LogP contribution is 2.49. The number of piperidine rings is 1. The first-order chi connectivity index (χ1) is 16.6. The van der Waals surface area contributed by atoms with Crippen LogP contribution in [0.2, 0.25) is 5.02 Å². The third-order valence-electron chi connectivity index (χ3n) is 7.84. The monoisotopic (exact) mass is 482 g/mol. The lowest BCUT2D eigenvalue weighted by Gasteiger charge is -2.32. The van der Waals surface area contributed by atoms with Crippen molar-refractivity contribution in [2.24, 2.45) is 17.8 Å². The molecule has 182 valence electrons. The Hall–Kier alpha value is -2.34. The number of hydrogen-bond donors (Lipinski definition) is 0. The Labute approximate surface area is 207 Å². The number of ether oxygens (including phenoxy) is 1. The van der Waals surface area contributed by atoms with Crippen molar-refractivity contribution < 1.29 is 9.53 Å². The number of hydrogen-bond acceptors (Lipinski definition) is 5. The molecule has 6 nitrogen and oxygen atoms in total. The van der Waals surface area contributed by atoms with Crippen molar-refractivity contribution in [1.82, 2.24) is 14.9 Å². The zero-order chi connectivity index (χ0) is 23.5. The number of anilines is 1. The van der Waals surface area contributed by atoms with Gasteiger partial charge in [-0.1, -0.05) is 24.6 Å². The smallest absolute Gasteiger partial charge is 0.227 e. The largest absolute Gasteiger partial charge is 0.494 e. The SMILES string of the molecule is CCc1cnc(N2CCC([C@@H]3C[C@@H]3CCOc3ccc(CC(=O)N4CCC4)c(Cl)c3)CC2)nc1. The van der Waals surface area contributed by atoms with Gasteiger partial charge < -0.3 is 14.5 Å². The predicted octanol–water partition coefficient (Wildman–Crippen LogP) is 4.79. The van der Waals surface area contributed by atoms with E-state index >= 15 is 0 Å². The van der Waals surface area contributed by atoms with E-state index in [1.54, 1.807) is 0 Å². The van der Waals surface area contributed by atoms with Gasteiger partial charge in [-0.05, 0) is 79.5 Å². The van der Waals surface area contributed by atoms with Crippen LogP contribution in [0.3, 0.4) is 0 Å². The van der Waals surface area contributed by atoms with Gasteiger partial charge in [0.05, 0.1) is 13.0 Å². The summed E-state index contributed by atoms with van der Waals surface area (Å²) in [5.41, 5.74) is 2.07. The molecule has 0 bridgehead atoms. The molecule has 0 spiro atoms. The Bertz CT molecular complexity index is 987. The minimum Gasteiger partial charge on any atom is -0.494 e. The lowest BCUT2D eigenvalue weighted by molar-refractivity contribution is -0.133. The molecule has 7 heteroatoms. The van der Waals surface area contributed by atoms with E-state index in [0.717, 1.165) is 87.1 Å². The average Bonchev–Trinajstić information content (AvgIpc) is 3.59. The molecule has 1 amide bonds. The Kier molecular flexibility index (Phi) is 7.23. The minimum atomic E-state index is 0.161. The van der Waals surface area contributed by atoms with E-state index in [4.69, 9.17) is 16.3 Å². The molecular formula is C27H35ClN4O2. The Morgan fingerprint density at radius 2 is 1.91 bits per heavy atom. The molecule has 2 aromatic rings. The highest BCUT2D eigenvalue weighted by Gasteiger charge is 2.43. The summed E-state index contributed by atoms with van der Waals surface area (Å²) < 4.78 is 6.00. The van der Waals surface area contributed by atoms with Crippen LogP contribution >= 0.6 is 11.6 Å². The van der Waals surface area contributed by atoms with Crippen LogP contribution in [-0.4, -0.2) is 53.6 Å². The lowest BCUT2D eigenvalue weighted by atomic mass is 9.90. The van der Waals surface area contributed by atoms with Crippen LogP contribution in [0.4, 0.5) is 5.95 Å². The van der Waals surface area contributed by atoms with E-state index in [1.807, 2.05) is 35.5 Å². The highest BCUT2D eigenvalue weighted by atomic mass is 35.5. The molecule has 3 aliphatic rings. The number of halogens is 1. The van der Waals surface area contributed by atoms with E-state index in [9.17, 15) is 4.79 Å². The van der Waals surface area contributed by atoms with Gasteiger partial charge in [-0.2, -0.15) is 0 Å². The van der Waals surface area contributed by atoms with Crippen LogP contribution in [0, 0.1) is 17.8 Å². The van der Waals surface area contributed by atoms with Crippen molar-refractivity contribution in [1.29, 1.82) is 0 Å². The standard InChI is InChI=1S/C27H35ClN4O2/c1-2-19-17-29-27(30-18-19)32-11-6-20(7-12-32)24-14-21(24)8-13-34-23-5-4-22(25(28)16-23)15-26(33)31-9-3-10-31/h4-5,16-18,20-21,24H,2-3,6-15H2,1H3/t21-,24-/m0/s1. The fourth-order valence-corrected chi connectivity index (χ4v) is 5.57. The van der Waals surface area contributed by atoms with E-state index in [0.29, 0.717) is 11.4 Å². The molecule has 5 rings (SSSR count). The number of aryl methyl sites for hydroxylation is 1. The van der Waals surface area contributed by atoms with Crippen molar-refractivity contribution in [2.45, 2.75) is 51.9 Å². The normalized spacial score (nSPS) is 22.4. The van der Waals surface area contributed by atoms with Crippen molar-refractivity contribution in [3.05, 3.63) is 46.7 Å². The fourth-order valence-electron chi connectivity index (χ4n) is 5.33. The van der Waals surface area contributed by atoms with Crippen LogP contribution in [0.1, 0.15) is 50.2 Å². The third-order valence-corrected chi connectivity index (χ3v) is 8.19. The molecule has 2 aliphatic heterocycles. The Morgan fingerprint density at radius 3 is 2.56 bits per heavy atom. The lowest BCUT2D eigenvalue weighted by Crippen LogP contribution is -2.42. The zero-order valence-electron chi connectivity index (χ0n) is 20.1. The van der Waals surface area contributed by atoms with E-state index in [2.05, 4.69) is 21.8 Å². The van der Waals surface area contributed by atoms with Gasteiger partial charge >= 0.3 is 0 Å². The Morgan fingerprint density at radius 1 is 1.15 bits per heavy atom. The molecule has 2 saturated heterocycles. The van der Waals surface area contributed by atoms with Gasteiger partial charge in [0, 0.05) is 43.6 Å². The van der Waals surface area contributed by atoms with Gasteiger partial charge in [0.15, 0.2) is 0 Å². The van der Waals surface area contributed by atoms with Gasteiger partial charge in [-0.15, -0.1) is 0 Å². The molecule has 3 fully saturated rings. The topological polar surface area (TPSA) is 58.6 Å². The molecule has 1 aliphatic carbocycles. The van der Waals surface area contributed by atoms with Crippen molar-refractivity contribution >= 4 is 23.5 Å². The van der Waals surface area contributed by atoms with Crippen molar-refractivity contribution in [2.75, 3.05) is 37.7 Å². The van der Waals surface area contributed by atoms with Crippen LogP contribution in [0.15, 0.2) is 30.6 Å². The second-order valence-electron chi connectivity index (χ2n) is 10.0. The summed E-state index contributed by atoms with van der Waals surface area (Å²) in [4.78, 5) is 25.5. The summed E-state index contributed by atoms with van der Waals surface area (Å²) in [5, 5.41) is 0.621.